The molecule has 0 N–H and O–H groups in total. The van der Waals surface area contributed by atoms with Crippen molar-refractivity contribution in [3.8, 4) is 5.75 Å². The number of methoxy groups -OCH3 is 1. The zero-order chi connectivity index (χ0) is 15.7. The van der Waals surface area contributed by atoms with Gasteiger partial charge in [0.05, 0.1) is 12.7 Å². The van der Waals surface area contributed by atoms with E-state index in [0.29, 0.717) is 12.2 Å². The van der Waals surface area contributed by atoms with Gasteiger partial charge in [0.2, 0.25) is 0 Å². The molecule has 2 aromatic carbocycles. The summed E-state index contributed by atoms with van der Waals surface area (Å²) in [5, 5.41) is 0. The zero-order valence-electron chi connectivity index (χ0n) is 12.0. The van der Waals surface area contributed by atoms with Gasteiger partial charge in [-0.25, -0.2) is 12.7 Å². The first-order valence-electron chi connectivity index (χ1n) is 6.83. The fourth-order valence-electron chi connectivity index (χ4n) is 2.58. The Hall–Kier alpha value is -2.34. The highest BCUT2D eigenvalue weighted by molar-refractivity contribution is 7.90. The summed E-state index contributed by atoms with van der Waals surface area (Å²) >= 11 is 0. The van der Waals surface area contributed by atoms with Crippen LogP contribution in [0, 0.1) is 0 Å². The molecule has 1 amide bonds. The summed E-state index contributed by atoms with van der Waals surface area (Å²) in [6, 6.07) is 13.7. The van der Waals surface area contributed by atoms with Crippen LogP contribution in [0.2, 0.25) is 0 Å². The summed E-state index contributed by atoms with van der Waals surface area (Å²) in [5.74, 6) is 0.217. The van der Waals surface area contributed by atoms with Crippen molar-refractivity contribution >= 4 is 15.9 Å². The third-order valence-electron chi connectivity index (χ3n) is 3.69. The summed E-state index contributed by atoms with van der Waals surface area (Å²) in [5.41, 5.74) is 1.10. The van der Waals surface area contributed by atoms with E-state index >= 15 is 0 Å². The van der Waals surface area contributed by atoms with Crippen LogP contribution in [0.1, 0.15) is 15.9 Å². The first-order valence-corrected chi connectivity index (χ1v) is 8.27. The van der Waals surface area contributed by atoms with E-state index < -0.39 is 15.9 Å². The molecule has 3 rings (SSSR count). The number of carbonyl (C=O) groups excluding carboxylic acids is 1. The van der Waals surface area contributed by atoms with Crippen LogP contribution >= 0.6 is 0 Å². The van der Waals surface area contributed by atoms with Crippen molar-refractivity contribution in [3.63, 3.8) is 0 Å². The van der Waals surface area contributed by atoms with E-state index in [2.05, 4.69) is 0 Å². The molecule has 1 aliphatic rings. The fraction of sp³-hybridized carbons (Fsp3) is 0.188. The molecule has 0 spiro atoms. The molecule has 2 aromatic rings. The maximum Gasteiger partial charge on any atom is 0.269 e. The van der Waals surface area contributed by atoms with Crippen molar-refractivity contribution in [2.45, 2.75) is 11.3 Å². The standard InChI is InChI=1S/C16H15NO4S/c1-21-14-8-4-2-6-12(14)10-11-17-16(18)13-7-3-5-9-15(13)22(17,19)20/h2-9H,10-11H2,1H3. The minimum absolute atomic E-state index is 0.0834. The number of rotatable bonds is 4. The second-order valence-electron chi connectivity index (χ2n) is 4.94. The normalized spacial score (nSPS) is 15.7. The quantitative estimate of drug-likeness (QED) is 0.866. The lowest BCUT2D eigenvalue weighted by atomic mass is 10.1. The number of fused-ring (bicyclic) bond motifs is 1. The topological polar surface area (TPSA) is 63.7 Å². The Balaban J connectivity index is 1.87. The van der Waals surface area contributed by atoms with Gasteiger partial charge in [-0.2, -0.15) is 0 Å². The van der Waals surface area contributed by atoms with Crippen LogP contribution in [-0.4, -0.2) is 32.3 Å². The van der Waals surface area contributed by atoms with Gasteiger partial charge in [0.25, 0.3) is 15.9 Å². The lowest BCUT2D eigenvalue weighted by Gasteiger charge is -2.16. The van der Waals surface area contributed by atoms with Crippen LogP contribution in [-0.2, 0) is 16.4 Å². The Kier molecular flexibility index (Phi) is 3.62. The molecule has 6 heteroatoms. The predicted octanol–water partition coefficient (Wildman–Crippen LogP) is 2.08. The van der Waals surface area contributed by atoms with Gasteiger partial charge in [0.15, 0.2) is 0 Å². The molecule has 114 valence electrons. The van der Waals surface area contributed by atoms with Gasteiger partial charge in [-0.1, -0.05) is 30.3 Å². The van der Waals surface area contributed by atoms with Crippen LogP contribution < -0.4 is 4.74 Å². The molecule has 0 unspecified atom stereocenters. The molecule has 0 saturated heterocycles. The number of carbonyl (C=O) groups is 1. The highest BCUT2D eigenvalue weighted by Gasteiger charge is 2.40. The summed E-state index contributed by atoms with van der Waals surface area (Å²) < 4.78 is 31.1. The molecule has 0 aromatic heterocycles. The molecular formula is C16H15NO4S. The van der Waals surface area contributed by atoms with Crippen molar-refractivity contribution < 1.29 is 17.9 Å². The van der Waals surface area contributed by atoms with Crippen molar-refractivity contribution in [2.24, 2.45) is 0 Å². The molecule has 0 atom stereocenters. The van der Waals surface area contributed by atoms with Crippen molar-refractivity contribution in [1.29, 1.82) is 0 Å². The summed E-state index contributed by atoms with van der Waals surface area (Å²) in [6.07, 6.45) is 0.406. The van der Waals surface area contributed by atoms with Crippen molar-refractivity contribution in [3.05, 3.63) is 59.7 Å². The first-order chi connectivity index (χ1) is 10.6. The summed E-state index contributed by atoms with van der Waals surface area (Å²) in [6.45, 7) is 0.0935. The smallest absolute Gasteiger partial charge is 0.269 e. The molecule has 22 heavy (non-hydrogen) atoms. The van der Waals surface area contributed by atoms with E-state index in [4.69, 9.17) is 4.74 Å². The molecule has 5 nitrogen and oxygen atoms in total. The number of ether oxygens (including phenoxy) is 1. The maximum atomic E-state index is 12.4. The molecular weight excluding hydrogens is 302 g/mol. The third-order valence-corrected chi connectivity index (χ3v) is 5.53. The monoisotopic (exact) mass is 317 g/mol. The van der Waals surface area contributed by atoms with Gasteiger partial charge < -0.3 is 4.74 Å². The van der Waals surface area contributed by atoms with Gasteiger partial charge in [-0.05, 0) is 30.2 Å². The summed E-state index contributed by atoms with van der Waals surface area (Å²) in [7, 11) is -2.18. The van der Waals surface area contributed by atoms with Crippen LogP contribution in [0.25, 0.3) is 0 Å². The third kappa shape index (κ3) is 2.25. The molecule has 0 saturated carbocycles. The lowest BCUT2D eigenvalue weighted by Crippen LogP contribution is -2.32. The molecule has 1 heterocycles. The fourth-order valence-corrected chi connectivity index (χ4v) is 4.15. The highest BCUT2D eigenvalue weighted by Crippen LogP contribution is 2.30. The largest absolute Gasteiger partial charge is 0.496 e. The Morgan fingerprint density at radius 2 is 1.73 bits per heavy atom. The highest BCUT2D eigenvalue weighted by atomic mass is 32.2. The molecule has 0 bridgehead atoms. The van der Waals surface area contributed by atoms with E-state index in [1.54, 1.807) is 19.2 Å². The van der Waals surface area contributed by atoms with E-state index in [1.165, 1.54) is 12.1 Å². The first kappa shape index (κ1) is 14.6. The minimum Gasteiger partial charge on any atom is -0.496 e. The average molecular weight is 317 g/mol. The van der Waals surface area contributed by atoms with Crippen LogP contribution in [0.3, 0.4) is 0 Å². The molecule has 1 aliphatic heterocycles. The Labute approximate surface area is 129 Å². The number of hydrogen-bond donors (Lipinski definition) is 0. The van der Waals surface area contributed by atoms with Gasteiger partial charge in [0, 0.05) is 6.54 Å². The molecule has 0 fully saturated rings. The predicted molar refractivity (Wildman–Crippen MR) is 81.4 cm³/mol. The van der Waals surface area contributed by atoms with Gasteiger partial charge in [-0.15, -0.1) is 0 Å². The number of amides is 1. The zero-order valence-corrected chi connectivity index (χ0v) is 12.8. The maximum absolute atomic E-state index is 12.4. The number of para-hydroxylation sites is 1. The van der Waals surface area contributed by atoms with E-state index in [1.807, 2.05) is 24.3 Å². The van der Waals surface area contributed by atoms with Crippen LogP contribution in [0.5, 0.6) is 5.75 Å². The lowest BCUT2D eigenvalue weighted by molar-refractivity contribution is 0.0872. The Morgan fingerprint density at radius 3 is 2.45 bits per heavy atom. The molecule has 0 aliphatic carbocycles. The van der Waals surface area contributed by atoms with Crippen LogP contribution in [0.15, 0.2) is 53.4 Å². The van der Waals surface area contributed by atoms with Gasteiger partial charge in [-0.3, -0.25) is 4.79 Å². The molecule has 0 radical (unpaired) electrons. The Bertz CT molecular complexity index is 830. The number of sulfonamides is 1. The van der Waals surface area contributed by atoms with Gasteiger partial charge >= 0.3 is 0 Å². The number of benzene rings is 2. The minimum atomic E-state index is -3.74. The van der Waals surface area contributed by atoms with E-state index in [-0.39, 0.29) is 17.0 Å². The number of hydrogen-bond acceptors (Lipinski definition) is 4. The second-order valence-corrected chi connectivity index (χ2v) is 6.77. The Morgan fingerprint density at radius 1 is 1.05 bits per heavy atom. The van der Waals surface area contributed by atoms with Crippen molar-refractivity contribution in [2.75, 3.05) is 13.7 Å². The van der Waals surface area contributed by atoms with Crippen LogP contribution in [0.4, 0.5) is 0 Å². The second kappa shape index (κ2) is 5.46. The van der Waals surface area contributed by atoms with E-state index in [9.17, 15) is 13.2 Å². The van der Waals surface area contributed by atoms with Crippen molar-refractivity contribution in [1.82, 2.24) is 4.31 Å². The van der Waals surface area contributed by atoms with Gasteiger partial charge in [0.1, 0.15) is 10.6 Å². The summed E-state index contributed by atoms with van der Waals surface area (Å²) in [4.78, 5) is 12.4. The average Bonchev–Trinajstić information content (AvgIpc) is 2.73. The SMILES string of the molecule is COc1ccccc1CCN1C(=O)c2ccccc2S1(=O)=O. The van der Waals surface area contributed by atoms with E-state index in [0.717, 1.165) is 9.87 Å². The number of nitrogens with zero attached hydrogens (tertiary/aromatic N) is 1.